The summed E-state index contributed by atoms with van der Waals surface area (Å²) in [4.78, 5) is 40.6. The van der Waals surface area contributed by atoms with E-state index in [-0.39, 0.29) is 17.5 Å². The first-order valence-corrected chi connectivity index (χ1v) is 14.0. The molecule has 1 amide bonds. The monoisotopic (exact) mass is 554 g/mol. The minimum Gasteiger partial charge on any atom is -0.378 e. The molecule has 1 atom stereocenters. The third-order valence-corrected chi connectivity index (χ3v) is 8.43. The second-order valence-electron chi connectivity index (χ2n) is 11.1. The molecule has 0 spiro atoms. The molecule has 0 bridgehead atoms. The van der Waals surface area contributed by atoms with E-state index in [0.717, 1.165) is 40.8 Å². The molecular weight excluding hydrogens is 524 g/mol. The van der Waals surface area contributed by atoms with Crippen molar-refractivity contribution in [3.05, 3.63) is 116 Å². The average Bonchev–Trinajstić information content (AvgIpc) is 3.79. The summed E-state index contributed by atoms with van der Waals surface area (Å²) < 4.78 is 0. The fourth-order valence-corrected chi connectivity index (χ4v) is 5.63. The van der Waals surface area contributed by atoms with Crippen LogP contribution in [0.15, 0.2) is 71.8 Å². The number of pyridine rings is 1. The number of hydrogen-bond acceptors (Lipinski definition) is 5. The van der Waals surface area contributed by atoms with Gasteiger partial charge in [-0.15, -0.1) is 0 Å². The first-order valence-electron chi connectivity index (χ1n) is 13.7. The number of nitrogens with zero attached hydrogens (tertiary/aromatic N) is 3. The molecule has 2 aromatic carbocycles. The topological polar surface area (TPSA) is 99.2 Å². The van der Waals surface area contributed by atoms with E-state index >= 15 is 0 Å². The number of hydrogen-bond donors (Lipinski definition) is 2. The Bertz CT molecular complexity index is 1640. The fourth-order valence-electron chi connectivity index (χ4n) is 5.51. The van der Waals surface area contributed by atoms with Crippen molar-refractivity contribution in [3.8, 4) is 11.1 Å². The summed E-state index contributed by atoms with van der Waals surface area (Å²) in [5, 5.41) is 11.6. The Morgan fingerprint density at radius 1 is 1.05 bits per heavy atom. The van der Waals surface area contributed by atoms with Gasteiger partial charge in [0.05, 0.1) is 23.2 Å². The molecule has 1 aliphatic carbocycles. The Morgan fingerprint density at radius 2 is 1.82 bits per heavy atom. The van der Waals surface area contributed by atoms with Crippen LogP contribution in [-0.2, 0) is 23.2 Å². The SMILES string of the molecule is CC(C)c1cncc(C2(c3nc4c(c(=O)[nH]3)CN(C(=O)[C@H](O)c3cccc(-c5ccc(Cl)cc5)c3)CC4)CC2)c1. The zero-order valence-corrected chi connectivity index (χ0v) is 23.3. The molecule has 6 rings (SSSR count). The van der Waals surface area contributed by atoms with Gasteiger partial charge >= 0.3 is 0 Å². The van der Waals surface area contributed by atoms with Crippen molar-refractivity contribution in [2.45, 2.75) is 57.1 Å². The highest BCUT2D eigenvalue weighted by atomic mass is 35.5. The van der Waals surface area contributed by atoms with Gasteiger partial charge in [-0.1, -0.05) is 61.8 Å². The third kappa shape index (κ3) is 4.84. The Kier molecular flexibility index (Phi) is 6.80. The first kappa shape index (κ1) is 26.4. The van der Waals surface area contributed by atoms with E-state index in [2.05, 4.69) is 29.9 Å². The Hall–Kier alpha value is -3.81. The number of aromatic nitrogens is 3. The number of carbonyl (C=O) groups excluding carboxylic acids is 1. The number of amides is 1. The molecule has 2 aliphatic rings. The third-order valence-electron chi connectivity index (χ3n) is 8.18. The van der Waals surface area contributed by atoms with E-state index in [1.54, 1.807) is 23.1 Å². The number of fused-ring (bicyclic) bond motifs is 1. The van der Waals surface area contributed by atoms with E-state index in [1.807, 2.05) is 42.7 Å². The maximum atomic E-state index is 13.3. The number of carbonyl (C=O) groups is 1. The Labute approximate surface area is 237 Å². The normalized spacial score (nSPS) is 16.5. The summed E-state index contributed by atoms with van der Waals surface area (Å²) in [6, 6.07) is 16.9. The molecule has 1 fully saturated rings. The summed E-state index contributed by atoms with van der Waals surface area (Å²) in [7, 11) is 0. The number of halogens is 1. The van der Waals surface area contributed by atoms with Gasteiger partial charge in [0.1, 0.15) is 5.82 Å². The van der Waals surface area contributed by atoms with Crippen LogP contribution in [0.2, 0.25) is 5.02 Å². The second kappa shape index (κ2) is 10.3. The summed E-state index contributed by atoms with van der Waals surface area (Å²) in [6.45, 7) is 4.77. The molecular formula is C32H31ClN4O3. The van der Waals surface area contributed by atoms with Crippen LogP contribution in [0, 0.1) is 0 Å². The van der Waals surface area contributed by atoms with Gasteiger partial charge in [-0.25, -0.2) is 4.98 Å². The lowest BCUT2D eigenvalue weighted by atomic mass is 9.92. The number of H-pyrrole nitrogens is 1. The van der Waals surface area contributed by atoms with Crippen molar-refractivity contribution >= 4 is 17.5 Å². The molecule has 8 heteroatoms. The molecule has 2 N–H and O–H groups in total. The van der Waals surface area contributed by atoms with Crippen LogP contribution < -0.4 is 5.56 Å². The summed E-state index contributed by atoms with van der Waals surface area (Å²) >= 11 is 6.01. The lowest BCUT2D eigenvalue weighted by Gasteiger charge is -2.30. The van der Waals surface area contributed by atoms with Gasteiger partial charge in [-0.2, -0.15) is 0 Å². The molecule has 7 nitrogen and oxygen atoms in total. The molecule has 0 radical (unpaired) electrons. The minimum absolute atomic E-state index is 0.113. The highest BCUT2D eigenvalue weighted by Crippen LogP contribution is 2.52. The number of benzene rings is 2. The van der Waals surface area contributed by atoms with E-state index in [4.69, 9.17) is 16.6 Å². The van der Waals surface area contributed by atoms with Crippen LogP contribution in [0.25, 0.3) is 11.1 Å². The average molecular weight is 555 g/mol. The molecule has 1 aliphatic heterocycles. The first-order chi connectivity index (χ1) is 19.2. The molecule has 0 saturated heterocycles. The number of aliphatic hydroxyl groups is 1. The number of rotatable bonds is 6. The Balaban J connectivity index is 1.22. The van der Waals surface area contributed by atoms with Crippen LogP contribution in [0.5, 0.6) is 0 Å². The maximum absolute atomic E-state index is 13.3. The smallest absolute Gasteiger partial charge is 0.256 e. The zero-order chi connectivity index (χ0) is 28.0. The van der Waals surface area contributed by atoms with Crippen molar-refractivity contribution < 1.29 is 9.90 Å². The van der Waals surface area contributed by atoms with Crippen molar-refractivity contribution in [3.63, 3.8) is 0 Å². The lowest BCUT2D eigenvalue weighted by Crippen LogP contribution is -2.42. The van der Waals surface area contributed by atoms with Gasteiger partial charge in [0.15, 0.2) is 6.10 Å². The molecule has 2 aromatic heterocycles. The van der Waals surface area contributed by atoms with Crippen LogP contribution in [0.3, 0.4) is 0 Å². The van der Waals surface area contributed by atoms with Crippen molar-refractivity contribution in [1.82, 2.24) is 19.9 Å². The van der Waals surface area contributed by atoms with E-state index in [1.165, 1.54) is 0 Å². The number of aromatic amines is 1. The van der Waals surface area contributed by atoms with E-state index < -0.39 is 12.0 Å². The standard InChI is InChI=1S/C32H31ClN4O3/c1-19(2)23-15-24(17-34-16-23)32(11-12-32)31-35-27-10-13-37(18-26(27)29(39)36-31)30(40)28(38)22-5-3-4-21(14-22)20-6-8-25(33)9-7-20/h3-9,14-17,19,28,38H,10-13,18H2,1-2H3,(H,35,36,39)/t28-/m1/s1. The molecule has 204 valence electrons. The lowest BCUT2D eigenvalue weighted by molar-refractivity contribution is -0.141. The predicted molar refractivity (Wildman–Crippen MR) is 154 cm³/mol. The van der Waals surface area contributed by atoms with Gasteiger partial charge in [-0.3, -0.25) is 14.6 Å². The zero-order valence-electron chi connectivity index (χ0n) is 22.5. The van der Waals surface area contributed by atoms with Gasteiger partial charge in [-0.05, 0) is 64.8 Å². The molecule has 4 aromatic rings. The van der Waals surface area contributed by atoms with Gasteiger partial charge < -0.3 is 15.0 Å². The van der Waals surface area contributed by atoms with Gasteiger partial charge in [0.25, 0.3) is 11.5 Å². The van der Waals surface area contributed by atoms with Crippen LogP contribution in [0.4, 0.5) is 0 Å². The summed E-state index contributed by atoms with van der Waals surface area (Å²) in [5.41, 5.74) is 5.22. The Morgan fingerprint density at radius 3 is 2.55 bits per heavy atom. The highest BCUT2D eigenvalue weighted by molar-refractivity contribution is 6.30. The second-order valence-corrected chi connectivity index (χ2v) is 11.6. The molecule has 1 saturated carbocycles. The molecule has 40 heavy (non-hydrogen) atoms. The fraction of sp³-hybridized carbons (Fsp3) is 0.312. The summed E-state index contributed by atoms with van der Waals surface area (Å²) in [6.07, 6.45) is 4.70. The van der Waals surface area contributed by atoms with Crippen LogP contribution in [-0.4, -0.2) is 37.4 Å². The van der Waals surface area contributed by atoms with E-state index in [0.29, 0.717) is 40.9 Å². The quantitative estimate of drug-likeness (QED) is 0.337. The van der Waals surface area contributed by atoms with Crippen molar-refractivity contribution in [1.29, 1.82) is 0 Å². The largest absolute Gasteiger partial charge is 0.378 e. The molecule has 3 heterocycles. The van der Waals surface area contributed by atoms with E-state index in [9.17, 15) is 14.7 Å². The highest BCUT2D eigenvalue weighted by Gasteiger charge is 2.49. The number of nitrogens with one attached hydrogen (secondary N) is 1. The van der Waals surface area contributed by atoms with Crippen molar-refractivity contribution in [2.24, 2.45) is 0 Å². The van der Waals surface area contributed by atoms with Crippen LogP contribution in [0.1, 0.15) is 72.5 Å². The maximum Gasteiger partial charge on any atom is 0.256 e. The van der Waals surface area contributed by atoms with Crippen molar-refractivity contribution in [2.75, 3.05) is 6.54 Å². The summed E-state index contributed by atoms with van der Waals surface area (Å²) in [5.74, 6) is 0.605. The minimum atomic E-state index is -1.34. The van der Waals surface area contributed by atoms with Crippen LogP contribution >= 0.6 is 11.6 Å². The molecule has 0 unspecified atom stereocenters. The number of aliphatic hydroxyl groups excluding tert-OH is 1. The predicted octanol–water partition coefficient (Wildman–Crippen LogP) is 5.31. The van der Waals surface area contributed by atoms with Gasteiger partial charge in [0.2, 0.25) is 0 Å². The van der Waals surface area contributed by atoms with Gasteiger partial charge in [0, 0.05) is 30.4 Å².